The first kappa shape index (κ1) is 20.1. The number of ketones is 2. The van der Waals surface area contributed by atoms with E-state index >= 15 is 0 Å². The number of alkyl halides is 6. The van der Waals surface area contributed by atoms with Crippen molar-refractivity contribution < 1.29 is 44.8 Å². The fourth-order valence-electron chi connectivity index (χ4n) is 1.94. The molecule has 0 spiro atoms. The van der Waals surface area contributed by atoms with Gasteiger partial charge in [-0.15, -0.1) is 0 Å². The second-order valence-corrected chi connectivity index (χ2v) is 8.43. The van der Waals surface area contributed by atoms with Crippen molar-refractivity contribution in [3.63, 3.8) is 0 Å². The molecule has 0 aliphatic carbocycles. The third kappa shape index (κ3) is 4.04. The van der Waals surface area contributed by atoms with Crippen LogP contribution in [0.25, 0.3) is 0 Å². The van der Waals surface area contributed by atoms with Gasteiger partial charge in [0.2, 0.25) is 11.6 Å². The second kappa shape index (κ2) is 6.44. The molecule has 4 nitrogen and oxygen atoms in total. The average molecular weight is 340 g/mol. The van der Waals surface area contributed by atoms with E-state index in [0.717, 1.165) is 14.2 Å². The van der Waals surface area contributed by atoms with Crippen LogP contribution in [0.1, 0.15) is 13.8 Å². The molecule has 0 saturated heterocycles. The van der Waals surface area contributed by atoms with Crippen LogP contribution >= 0.6 is 0 Å². The molecule has 0 heterocycles. The number of carbonyl (C=O) groups is 2. The summed E-state index contributed by atoms with van der Waals surface area (Å²) in [4.78, 5) is 22.7. The Balaban J connectivity index is 6.17. The molecule has 124 valence electrons. The van der Waals surface area contributed by atoms with E-state index in [1.165, 1.54) is 13.8 Å². The van der Waals surface area contributed by atoms with Crippen LogP contribution in [0.15, 0.2) is 0 Å². The highest BCUT2D eigenvalue weighted by molar-refractivity contribution is 6.78. The largest absolute Gasteiger partial charge is 0.450 e. The SMILES string of the molecule is CO[Si](OC)(C(C)C)C(C(=O)C(F)(F)F)C(=O)C(F)(F)F. The monoisotopic (exact) mass is 340 g/mol. The van der Waals surface area contributed by atoms with Crippen molar-refractivity contribution >= 4 is 20.1 Å². The standard InChI is InChI=1S/C10H14F6O4Si/c1-5(2)21(19-3,20-4)6(7(17)9(11,12)13)8(18)10(14,15)16/h5-6H,1-4H3. The Morgan fingerprint density at radius 2 is 1.14 bits per heavy atom. The number of hydrogen-bond acceptors (Lipinski definition) is 4. The fraction of sp³-hybridized carbons (Fsp3) is 0.800. The van der Waals surface area contributed by atoms with Gasteiger partial charge in [0, 0.05) is 14.2 Å². The molecule has 0 rings (SSSR count). The molecule has 0 amide bonds. The van der Waals surface area contributed by atoms with Crippen LogP contribution in [0.2, 0.25) is 11.1 Å². The summed E-state index contributed by atoms with van der Waals surface area (Å²) in [6.07, 6.45) is -11.2. The van der Waals surface area contributed by atoms with Crippen molar-refractivity contribution in [2.24, 2.45) is 0 Å². The molecule has 0 fully saturated rings. The maximum atomic E-state index is 12.6. The van der Waals surface area contributed by atoms with Crippen LogP contribution in [0, 0.1) is 0 Å². The van der Waals surface area contributed by atoms with Gasteiger partial charge in [0.25, 0.3) is 0 Å². The summed E-state index contributed by atoms with van der Waals surface area (Å²) in [5.74, 6) is -5.62. The zero-order chi connectivity index (χ0) is 17.2. The molecule has 0 bridgehead atoms. The van der Waals surface area contributed by atoms with Crippen molar-refractivity contribution in [2.75, 3.05) is 14.2 Å². The summed E-state index contributed by atoms with van der Waals surface area (Å²) in [5, 5.41) is 0. The number of Topliss-reactive ketones (excluding diaryl/α,β-unsaturated/α-hetero) is 2. The highest BCUT2D eigenvalue weighted by atomic mass is 28.4. The molecular weight excluding hydrogens is 326 g/mol. The normalized spacial score (nSPS) is 13.9. The van der Waals surface area contributed by atoms with Gasteiger partial charge in [-0.3, -0.25) is 9.59 Å². The van der Waals surface area contributed by atoms with Crippen LogP contribution in [0.4, 0.5) is 26.3 Å². The van der Waals surface area contributed by atoms with Gasteiger partial charge in [-0.2, -0.15) is 26.3 Å². The molecule has 21 heavy (non-hydrogen) atoms. The van der Waals surface area contributed by atoms with Gasteiger partial charge >= 0.3 is 20.9 Å². The molecule has 0 aromatic rings. The Labute approximate surface area is 117 Å². The first-order valence-electron chi connectivity index (χ1n) is 5.58. The van der Waals surface area contributed by atoms with Gasteiger partial charge in [-0.05, 0) is 5.54 Å². The predicted octanol–water partition coefficient (Wildman–Crippen LogP) is 2.76. The molecule has 0 aliphatic heterocycles. The summed E-state index contributed by atoms with van der Waals surface area (Å²) in [5.41, 5.74) is -4.07. The number of rotatable bonds is 6. The van der Waals surface area contributed by atoms with Crippen LogP contribution in [-0.4, -0.2) is 46.7 Å². The average Bonchev–Trinajstić information content (AvgIpc) is 2.31. The maximum absolute atomic E-state index is 12.6. The van der Waals surface area contributed by atoms with E-state index in [9.17, 15) is 35.9 Å². The Bertz CT molecular complexity index is 373. The molecule has 0 radical (unpaired) electrons. The minimum absolute atomic E-state index is 0.816. The Morgan fingerprint density at radius 3 is 1.29 bits per heavy atom. The Morgan fingerprint density at radius 1 is 0.857 bits per heavy atom. The third-order valence-electron chi connectivity index (χ3n) is 2.93. The van der Waals surface area contributed by atoms with Crippen molar-refractivity contribution in [1.29, 1.82) is 0 Å². The van der Waals surface area contributed by atoms with Crippen LogP contribution in [0.5, 0.6) is 0 Å². The lowest BCUT2D eigenvalue weighted by Crippen LogP contribution is -2.58. The van der Waals surface area contributed by atoms with Gasteiger partial charge in [0.1, 0.15) is 5.54 Å². The number of carbonyl (C=O) groups excluding carboxylic acids is 2. The fourth-order valence-corrected chi connectivity index (χ4v) is 5.24. The third-order valence-corrected chi connectivity index (χ3v) is 7.14. The predicted molar refractivity (Wildman–Crippen MR) is 60.7 cm³/mol. The summed E-state index contributed by atoms with van der Waals surface area (Å²) in [6.45, 7) is 2.44. The second-order valence-electron chi connectivity index (χ2n) is 4.44. The van der Waals surface area contributed by atoms with E-state index in [4.69, 9.17) is 8.85 Å². The molecule has 0 unspecified atom stereocenters. The minimum Gasteiger partial charge on any atom is -0.397 e. The van der Waals surface area contributed by atoms with Gasteiger partial charge in [-0.25, -0.2) is 0 Å². The van der Waals surface area contributed by atoms with Gasteiger partial charge in [0.15, 0.2) is 0 Å². The van der Waals surface area contributed by atoms with Crippen molar-refractivity contribution in [3.05, 3.63) is 0 Å². The van der Waals surface area contributed by atoms with Crippen molar-refractivity contribution in [3.8, 4) is 0 Å². The molecular formula is C10H14F6O4Si. The summed E-state index contributed by atoms with van der Waals surface area (Å²) >= 11 is 0. The topological polar surface area (TPSA) is 52.6 Å². The lowest BCUT2D eigenvalue weighted by atomic mass is 10.2. The highest BCUT2D eigenvalue weighted by Gasteiger charge is 2.65. The summed E-state index contributed by atoms with van der Waals surface area (Å²) in [7, 11) is -2.80. The Hall–Kier alpha value is -0.943. The molecule has 0 saturated carbocycles. The highest BCUT2D eigenvalue weighted by Crippen LogP contribution is 2.42. The van der Waals surface area contributed by atoms with E-state index in [-0.39, 0.29) is 0 Å². The number of halogens is 6. The zero-order valence-electron chi connectivity index (χ0n) is 11.6. The van der Waals surface area contributed by atoms with E-state index in [1.54, 1.807) is 0 Å². The number of hydrogen-bond donors (Lipinski definition) is 0. The smallest absolute Gasteiger partial charge is 0.397 e. The first-order valence-corrected chi connectivity index (χ1v) is 7.55. The van der Waals surface area contributed by atoms with E-state index < -0.39 is 43.6 Å². The Kier molecular flexibility index (Phi) is 6.15. The quantitative estimate of drug-likeness (QED) is 0.424. The summed E-state index contributed by atoms with van der Waals surface area (Å²) < 4.78 is 84.8. The zero-order valence-corrected chi connectivity index (χ0v) is 12.6. The van der Waals surface area contributed by atoms with Crippen LogP contribution in [0.3, 0.4) is 0 Å². The van der Waals surface area contributed by atoms with Crippen molar-refractivity contribution in [1.82, 2.24) is 0 Å². The van der Waals surface area contributed by atoms with Crippen LogP contribution < -0.4 is 0 Å². The first-order chi connectivity index (χ1) is 9.25. The lowest BCUT2D eigenvalue weighted by Gasteiger charge is -2.36. The van der Waals surface area contributed by atoms with E-state index in [1.807, 2.05) is 0 Å². The molecule has 0 aromatic heterocycles. The molecule has 11 heteroatoms. The van der Waals surface area contributed by atoms with Crippen LogP contribution in [-0.2, 0) is 18.4 Å². The van der Waals surface area contributed by atoms with E-state index in [2.05, 4.69) is 0 Å². The lowest BCUT2D eigenvalue weighted by molar-refractivity contribution is -0.183. The molecule has 0 atom stereocenters. The van der Waals surface area contributed by atoms with Crippen molar-refractivity contribution in [2.45, 2.75) is 37.3 Å². The summed E-state index contributed by atoms with van der Waals surface area (Å²) in [6, 6.07) is 0. The van der Waals surface area contributed by atoms with Gasteiger partial charge < -0.3 is 8.85 Å². The van der Waals surface area contributed by atoms with Gasteiger partial charge in [0.05, 0.1) is 0 Å². The minimum atomic E-state index is -5.62. The molecule has 0 N–H and O–H groups in total. The molecule has 0 aliphatic rings. The van der Waals surface area contributed by atoms with E-state index in [0.29, 0.717) is 0 Å². The maximum Gasteiger partial charge on any atom is 0.450 e. The van der Waals surface area contributed by atoms with Gasteiger partial charge in [-0.1, -0.05) is 13.8 Å². The molecule has 0 aromatic carbocycles.